The number of halogens is 1. The van der Waals surface area contributed by atoms with Crippen molar-refractivity contribution < 1.29 is 4.74 Å². The minimum absolute atomic E-state index is 0.0939. The zero-order chi connectivity index (χ0) is 17.7. The van der Waals surface area contributed by atoms with E-state index >= 15 is 0 Å². The van der Waals surface area contributed by atoms with E-state index in [0.29, 0.717) is 21.8 Å². The zero-order valence-corrected chi connectivity index (χ0v) is 16.0. The SMILES string of the molecule is COc1ccc(Cl)cc1NC(=S)NC(C)c1ccc(C(C)C)cc1. The van der Waals surface area contributed by atoms with Gasteiger partial charge in [-0.25, -0.2) is 0 Å². The van der Waals surface area contributed by atoms with E-state index in [1.807, 2.05) is 0 Å². The third-order valence-electron chi connectivity index (χ3n) is 3.86. The monoisotopic (exact) mass is 362 g/mol. The highest BCUT2D eigenvalue weighted by Crippen LogP contribution is 2.27. The van der Waals surface area contributed by atoms with E-state index < -0.39 is 0 Å². The molecule has 24 heavy (non-hydrogen) atoms. The summed E-state index contributed by atoms with van der Waals surface area (Å²) in [7, 11) is 1.61. The molecule has 3 nitrogen and oxygen atoms in total. The Morgan fingerprint density at radius 3 is 2.25 bits per heavy atom. The van der Waals surface area contributed by atoms with Gasteiger partial charge in [-0.2, -0.15) is 0 Å². The van der Waals surface area contributed by atoms with Gasteiger partial charge >= 0.3 is 0 Å². The van der Waals surface area contributed by atoms with Crippen LogP contribution in [0.5, 0.6) is 5.75 Å². The minimum Gasteiger partial charge on any atom is -0.495 e. The zero-order valence-electron chi connectivity index (χ0n) is 14.4. The van der Waals surface area contributed by atoms with Gasteiger partial charge in [0.25, 0.3) is 0 Å². The molecule has 0 amide bonds. The molecule has 5 heteroatoms. The molecule has 0 fully saturated rings. The number of hydrogen-bond donors (Lipinski definition) is 2. The van der Waals surface area contributed by atoms with Gasteiger partial charge in [-0.3, -0.25) is 0 Å². The normalized spacial score (nSPS) is 11.9. The van der Waals surface area contributed by atoms with E-state index in [9.17, 15) is 0 Å². The van der Waals surface area contributed by atoms with E-state index in [0.717, 1.165) is 5.69 Å². The smallest absolute Gasteiger partial charge is 0.171 e. The molecule has 0 aliphatic carbocycles. The van der Waals surface area contributed by atoms with E-state index in [-0.39, 0.29) is 6.04 Å². The lowest BCUT2D eigenvalue weighted by Crippen LogP contribution is -2.31. The summed E-state index contributed by atoms with van der Waals surface area (Å²) in [6, 6.07) is 14.1. The summed E-state index contributed by atoms with van der Waals surface area (Å²) in [6.07, 6.45) is 0. The number of anilines is 1. The van der Waals surface area contributed by atoms with Gasteiger partial charge in [-0.1, -0.05) is 49.7 Å². The number of nitrogens with one attached hydrogen (secondary N) is 2. The summed E-state index contributed by atoms with van der Waals surface area (Å²) < 4.78 is 5.32. The number of hydrogen-bond acceptors (Lipinski definition) is 2. The molecule has 128 valence electrons. The van der Waals surface area contributed by atoms with Crippen molar-refractivity contribution in [3.05, 3.63) is 58.6 Å². The lowest BCUT2D eigenvalue weighted by atomic mass is 10.00. The average molecular weight is 363 g/mol. The third-order valence-corrected chi connectivity index (χ3v) is 4.32. The van der Waals surface area contributed by atoms with E-state index in [1.54, 1.807) is 25.3 Å². The lowest BCUT2D eigenvalue weighted by Gasteiger charge is -2.19. The molecule has 0 bridgehead atoms. The summed E-state index contributed by atoms with van der Waals surface area (Å²) >= 11 is 11.4. The first-order chi connectivity index (χ1) is 11.4. The molecule has 0 radical (unpaired) electrons. The van der Waals surface area contributed by atoms with Gasteiger partial charge in [0.2, 0.25) is 0 Å². The van der Waals surface area contributed by atoms with Crippen LogP contribution in [0.1, 0.15) is 43.9 Å². The third kappa shape index (κ3) is 4.86. The molecule has 0 saturated carbocycles. The molecule has 2 aromatic carbocycles. The molecule has 2 rings (SSSR count). The predicted octanol–water partition coefficient (Wildman–Crippen LogP) is 5.52. The lowest BCUT2D eigenvalue weighted by molar-refractivity contribution is 0.417. The van der Waals surface area contributed by atoms with Crippen molar-refractivity contribution in [2.24, 2.45) is 0 Å². The topological polar surface area (TPSA) is 33.3 Å². The number of benzene rings is 2. The Balaban J connectivity index is 2.02. The van der Waals surface area contributed by atoms with Crippen molar-refractivity contribution >= 4 is 34.6 Å². The first-order valence-corrected chi connectivity index (χ1v) is 8.70. The molecule has 0 aliphatic rings. The Morgan fingerprint density at radius 1 is 1.04 bits per heavy atom. The van der Waals surface area contributed by atoms with Crippen molar-refractivity contribution in [2.45, 2.75) is 32.7 Å². The largest absolute Gasteiger partial charge is 0.495 e. The van der Waals surface area contributed by atoms with Crippen LogP contribution in [0.3, 0.4) is 0 Å². The highest BCUT2D eigenvalue weighted by Gasteiger charge is 2.10. The maximum absolute atomic E-state index is 6.04. The second-order valence-corrected chi connectivity index (χ2v) is 6.83. The summed E-state index contributed by atoms with van der Waals surface area (Å²) in [6.45, 7) is 6.45. The van der Waals surface area contributed by atoms with Crippen LogP contribution in [-0.4, -0.2) is 12.2 Å². The maximum Gasteiger partial charge on any atom is 0.171 e. The Morgan fingerprint density at radius 2 is 1.67 bits per heavy atom. The van der Waals surface area contributed by atoms with Crippen LogP contribution >= 0.6 is 23.8 Å². The fourth-order valence-electron chi connectivity index (χ4n) is 2.39. The van der Waals surface area contributed by atoms with Crippen molar-refractivity contribution in [3.63, 3.8) is 0 Å². The van der Waals surface area contributed by atoms with Gasteiger partial charge in [0.15, 0.2) is 5.11 Å². The minimum atomic E-state index is 0.0939. The molecule has 0 spiro atoms. The number of rotatable bonds is 5. The van der Waals surface area contributed by atoms with Crippen molar-refractivity contribution in [1.29, 1.82) is 0 Å². The molecule has 0 heterocycles. The first-order valence-electron chi connectivity index (χ1n) is 7.91. The highest BCUT2D eigenvalue weighted by atomic mass is 35.5. The van der Waals surface area contributed by atoms with Gasteiger partial charge in [-0.05, 0) is 54.4 Å². The fraction of sp³-hybridized carbons (Fsp3) is 0.316. The van der Waals surface area contributed by atoms with Gasteiger partial charge in [-0.15, -0.1) is 0 Å². The molecule has 2 N–H and O–H groups in total. The summed E-state index contributed by atoms with van der Waals surface area (Å²) in [5, 5.41) is 7.58. The Bertz CT molecular complexity index is 701. The first kappa shape index (κ1) is 18.6. The summed E-state index contributed by atoms with van der Waals surface area (Å²) in [4.78, 5) is 0. The van der Waals surface area contributed by atoms with Crippen LogP contribution in [0.2, 0.25) is 5.02 Å². The number of methoxy groups -OCH3 is 1. The molecular weight excluding hydrogens is 340 g/mol. The van der Waals surface area contributed by atoms with E-state index in [1.165, 1.54) is 11.1 Å². The molecule has 1 atom stereocenters. The molecular formula is C19H23ClN2OS. The highest BCUT2D eigenvalue weighted by molar-refractivity contribution is 7.80. The van der Waals surface area contributed by atoms with Crippen LogP contribution in [0.25, 0.3) is 0 Å². The Hall–Kier alpha value is -1.78. The van der Waals surface area contributed by atoms with E-state index in [4.69, 9.17) is 28.6 Å². The van der Waals surface area contributed by atoms with Crippen LogP contribution in [0, 0.1) is 0 Å². The van der Waals surface area contributed by atoms with Gasteiger partial charge in [0.1, 0.15) is 5.75 Å². The maximum atomic E-state index is 6.04. The average Bonchev–Trinajstić information content (AvgIpc) is 2.55. The second-order valence-electron chi connectivity index (χ2n) is 5.99. The Labute approximate surface area is 154 Å². The van der Waals surface area contributed by atoms with Crippen LogP contribution in [0.4, 0.5) is 5.69 Å². The number of ether oxygens (including phenoxy) is 1. The van der Waals surface area contributed by atoms with Crippen molar-refractivity contribution in [1.82, 2.24) is 5.32 Å². The van der Waals surface area contributed by atoms with Gasteiger partial charge in [0.05, 0.1) is 18.8 Å². The van der Waals surface area contributed by atoms with Crippen LogP contribution in [-0.2, 0) is 0 Å². The van der Waals surface area contributed by atoms with Crippen LogP contribution < -0.4 is 15.4 Å². The molecule has 0 aromatic heterocycles. The summed E-state index contributed by atoms with van der Waals surface area (Å²) in [5.74, 6) is 1.22. The quantitative estimate of drug-likeness (QED) is 0.686. The van der Waals surface area contributed by atoms with Gasteiger partial charge < -0.3 is 15.4 Å². The van der Waals surface area contributed by atoms with Crippen molar-refractivity contribution in [3.8, 4) is 5.75 Å². The molecule has 0 saturated heterocycles. The van der Waals surface area contributed by atoms with Crippen molar-refractivity contribution in [2.75, 3.05) is 12.4 Å². The Kier molecular flexibility index (Phi) is 6.46. The second kappa shape index (κ2) is 8.36. The van der Waals surface area contributed by atoms with Gasteiger partial charge in [0, 0.05) is 5.02 Å². The van der Waals surface area contributed by atoms with Crippen LogP contribution in [0.15, 0.2) is 42.5 Å². The molecule has 0 aliphatic heterocycles. The fourth-order valence-corrected chi connectivity index (χ4v) is 2.84. The molecule has 1 unspecified atom stereocenters. The van der Waals surface area contributed by atoms with E-state index in [2.05, 4.69) is 55.7 Å². The predicted molar refractivity (Wildman–Crippen MR) is 106 cm³/mol. The standard InChI is InChI=1S/C19H23ClN2OS/c1-12(2)14-5-7-15(8-6-14)13(3)21-19(24)22-17-11-16(20)9-10-18(17)23-4/h5-13H,1-4H3,(H2,21,22,24). The summed E-state index contributed by atoms with van der Waals surface area (Å²) in [5.41, 5.74) is 3.25. The number of thiocarbonyl (C=S) groups is 1. The molecule has 2 aromatic rings.